The molecule has 0 amide bonds. The monoisotopic (exact) mass is 327 g/mol. The van der Waals surface area contributed by atoms with Gasteiger partial charge in [0.25, 0.3) is 0 Å². The highest BCUT2D eigenvalue weighted by Gasteiger charge is 2.49. The zero-order valence-electron chi connectivity index (χ0n) is 15.1. The van der Waals surface area contributed by atoms with Gasteiger partial charge in [0.2, 0.25) is 0 Å². The Kier molecular flexibility index (Phi) is 3.99. The SMILES string of the molecule is CC(C)c1n[nH]c(C2CN(Cc3cccn3C)CC23CCCC3)n1. The lowest BCUT2D eigenvalue weighted by molar-refractivity contribution is 0.242. The number of H-pyrrole nitrogens is 1. The topological polar surface area (TPSA) is 49.7 Å². The molecule has 1 saturated heterocycles. The van der Waals surface area contributed by atoms with Gasteiger partial charge in [-0.05, 0) is 30.4 Å². The lowest BCUT2D eigenvalue weighted by Crippen LogP contribution is -2.27. The van der Waals surface area contributed by atoms with E-state index in [1.165, 1.54) is 37.9 Å². The Labute approximate surface area is 144 Å². The molecule has 1 N–H and O–H groups in total. The minimum absolute atomic E-state index is 0.385. The molecule has 0 bridgehead atoms. The Hall–Kier alpha value is -1.62. The third kappa shape index (κ3) is 2.69. The van der Waals surface area contributed by atoms with E-state index in [2.05, 4.69) is 58.9 Å². The summed E-state index contributed by atoms with van der Waals surface area (Å²) in [6.45, 7) is 7.65. The van der Waals surface area contributed by atoms with E-state index < -0.39 is 0 Å². The van der Waals surface area contributed by atoms with Crippen LogP contribution in [0.15, 0.2) is 18.3 Å². The van der Waals surface area contributed by atoms with Gasteiger partial charge in [0.05, 0.1) is 0 Å². The molecule has 1 atom stereocenters. The van der Waals surface area contributed by atoms with E-state index >= 15 is 0 Å². The molecule has 1 unspecified atom stereocenters. The summed E-state index contributed by atoms with van der Waals surface area (Å²) in [5, 5.41) is 7.75. The summed E-state index contributed by atoms with van der Waals surface area (Å²) >= 11 is 0. The minimum Gasteiger partial charge on any atom is -0.353 e. The summed E-state index contributed by atoms with van der Waals surface area (Å²) in [5.41, 5.74) is 1.79. The van der Waals surface area contributed by atoms with Crippen molar-refractivity contribution >= 4 is 0 Å². The zero-order chi connectivity index (χ0) is 16.7. The molecule has 1 saturated carbocycles. The Bertz CT molecular complexity index is 692. The van der Waals surface area contributed by atoms with Crippen molar-refractivity contribution in [3.8, 4) is 0 Å². The number of nitrogens with zero attached hydrogens (tertiary/aromatic N) is 4. The number of likely N-dealkylation sites (tertiary alicyclic amines) is 1. The first-order valence-electron chi connectivity index (χ1n) is 9.32. The van der Waals surface area contributed by atoms with Crippen molar-refractivity contribution < 1.29 is 0 Å². The average Bonchev–Trinajstić information content (AvgIpc) is 3.30. The molecule has 4 rings (SSSR count). The molecule has 24 heavy (non-hydrogen) atoms. The molecule has 2 aromatic rings. The summed E-state index contributed by atoms with van der Waals surface area (Å²) in [4.78, 5) is 7.49. The van der Waals surface area contributed by atoms with Gasteiger partial charge in [-0.15, -0.1) is 0 Å². The second-order valence-corrected chi connectivity index (χ2v) is 8.14. The molecule has 2 fully saturated rings. The fraction of sp³-hybridized carbons (Fsp3) is 0.684. The van der Waals surface area contributed by atoms with Crippen molar-refractivity contribution in [2.75, 3.05) is 13.1 Å². The van der Waals surface area contributed by atoms with E-state index in [4.69, 9.17) is 4.98 Å². The van der Waals surface area contributed by atoms with Crippen molar-refractivity contribution in [1.29, 1.82) is 0 Å². The number of nitrogens with one attached hydrogen (secondary N) is 1. The van der Waals surface area contributed by atoms with E-state index in [1.807, 2.05) is 0 Å². The van der Waals surface area contributed by atoms with Crippen LogP contribution in [0.3, 0.4) is 0 Å². The molecule has 0 aromatic carbocycles. The Balaban J connectivity index is 1.58. The lowest BCUT2D eigenvalue weighted by atomic mass is 9.76. The molecular weight excluding hydrogens is 298 g/mol. The van der Waals surface area contributed by atoms with Crippen LogP contribution in [0.25, 0.3) is 0 Å². The maximum Gasteiger partial charge on any atom is 0.153 e. The molecular formula is C19H29N5. The maximum absolute atomic E-state index is 4.86. The predicted octanol–water partition coefficient (Wildman–Crippen LogP) is 3.43. The molecule has 3 heterocycles. The smallest absolute Gasteiger partial charge is 0.153 e. The quantitative estimate of drug-likeness (QED) is 0.936. The summed E-state index contributed by atoms with van der Waals surface area (Å²) in [5.74, 6) is 2.96. The van der Waals surface area contributed by atoms with E-state index in [-0.39, 0.29) is 0 Å². The number of aromatic amines is 1. The molecule has 2 aromatic heterocycles. The van der Waals surface area contributed by atoms with Gasteiger partial charge in [-0.1, -0.05) is 26.7 Å². The van der Waals surface area contributed by atoms with Crippen LogP contribution in [-0.4, -0.2) is 37.7 Å². The Morgan fingerprint density at radius 1 is 1.33 bits per heavy atom. The first-order valence-corrected chi connectivity index (χ1v) is 9.32. The summed E-state index contributed by atoms with van der Waals surface area (Å²) < 4.78 is 2.24. The van der Waals surface area contributed by atoms with Crippen LogP contribution in [-0.2, 0) is 13.6 Å². The first kappa shape index (κ1) is 15.9. The highest BCUT2D eigenvalue weighted by atomic mass is 15.2. The molecule has 5 nitrogen and oxygen atoms in total. The van der Waals surface area contributed by atoms with Gasteiger partial charge >= 0.3 is 0 Å². The second-order valence-electron chi connectivity index (χ2n) is 8.14. The van der Waals surface area contributed by atoms with Crippen molar-refractivity contribution in [3.05, 3.63) is 35.7 Å². The first-order chi connectivity index (χ1) is 11.6. The number of aryl methyl sites for hydroxylation is 1. The zero-order valence-corrected chi connectivity index (χ0v) is 15.1. The van der Waals surface area contributed by atoms with E-state index in [9.17, 15) is 0 Å². The van der Waals surface area contributed by atoms with Gasteiger partial charge in [-0.3, -0.25) is 10.00 Å². The van der Waals surface area contributed by atoms with Gasteiger partial charge in [0.15, 0.2) is 5.82 Å². The van der Waals surface area contributed by atoms with Crippen LogP contribution in [0.2, 0.25) is 0 Å². The highest BCUT2D eigenvalue weighted by Crippen LogP contribution is 2.52. The van der Waals surface area contributed by atoms with Crippen LogP contribution in [0.1, 0.15) is 68.7 Å². The number of aromatic nitrogens is 4. The van der Waals surface area contributed by atoms with Gasteiger partial charge in [0, 0.05) is 50.4 Å². The van der Waals surface area contributed by atoms with Crippen LogP contribution in [0.5, 0.6) is 0 Å². The molecule has 1 aliphatic heterocycles. The summed E-state index contributed by atoms with van der Waals surface area (Å²) in [6.07, 6.45) is 7.52. The van der Waals surface area contributed by atoms with Crippen LogP contribution in [0, 0.1) is 5.41 Å². The third-order valence-electron chi connectivity index (χ3n) is 6.12. The van der Waals surface area contributed by atoms with Crippen molar-refractivity contribution in [2.24, 2.45) is 12.5 Å². The standard InChI is InChI=1S/C19H29N5/c1-14(2)17-20-18(22-21-17)16-12-24(11-15-7-6-10-23(15)3)13-19(16)8-4-5-9-19/h6-7,10,14,16H,4-5,8-9,11-13H2,1-3H3,(H,20,21,22). The molecule has 1 aliphatic carbocycles. The average molecular weight is 327 g/mol. The summed E-state index contributed by atoms with van der Waals surface area (Å²) in [6, 6.07) is 4.37. The van der Waals surface area contributed by atoms with Gasteiger partial charge in [-0.2, -0.15) is 5.10 Å². The van der Waals surface area contributed by atoms with E-state index in [0.29, 0.717) is 17.3 Å². The molecule has 0 radical (unpaired) electrons. The molecule has 2 aliphatic rings. The Morgan fingerprint density at radius 2 is 2.12 bits per heavy atom. The van der Waals surface area contributed by atoms with Crippen LogP contribution in [0.4, 0.5) is 0 Å². The fourth-order valence-corrected chi connectivity index (χ4v) is 4.75. The van der Waals surface area contributed by atoms with Gasteiger partial charge < -0.3 is 4.57 Å². The van der Waals surface area contributed by atoms with E-state index in [0.717, 1.165) is 24.7 Å². The molecule has 1 spiro atoms. The molecule has 130 valence electrons. The van der Waals surface area contributed by atoms with Gasteiger partial charge in [-0.25, -0.2) is 4.98 Å². The highest BCUT2D eigenvalue weighted by molar-refractivity contribution is 5.15. The normalized spacial score (nSPS) is 23.8. The largest absolute Gasteiger partial charge is 0.353 e. The molecule has 5 heteroatoms. The van der Waals surface area contributed by atoms with Crippen LogP contribution < -0.4 is 0 Å². The summed E-state index contributed by atoms with van der Waals surface area (Å²) in [7, 11) is 2.14. The van der Waals surface area contributed by atoms with Gasteiger partial charge in [0.1, 0.15) is 5.82 Å². The predicted molar refractivity (Wildman–Crippen MR) is 94.8 cm³/mol. The number of rotatable bonds is 4. The minimum atomic E-state index is 0.385. The van der Waals surface area contributed by atoms with Crippen molar-refractivity contribution in [1.82, 2.24) is 24.6 Å². The maximum atomic E-state index is 4.86. The Morgan fingerprint density at radius 3 is 2.75 bits per heavy atom. The van der Waals surface area contributed by atoms with Crippen molar-refractivity contribution in [3.63, 3.8) is 0 Å². The van der Waals surface area contributed by atoms with Crippen LogP contribution >= 0.6 is 0 Å². The fourth-order valence-electron chi connectivity index (χ4n) is 4.75. The van der Waals surface area contributed by atoms with E-state index in [1.54, 1.807) is 0 Å². The third-order valence-corrected chi connectivity index (χ3v) is 6.12. The lowest BCUT2D eigenvalue weighted by Gasteiger charge is -2.28. The number of hydrogen-bond acceptors (Lipinski definition) is 3. The second kappa shape index (κ2) is 6.03. The van der Waals surface area contributed by atoms with Crippen molar-refractivity contribution in [2.45, 2.75) is 57.9 Å². The number of hydrogen-bond donors (Lipinski definition) is 1.